The van der Waals surface area contributed by atoms with Crippen LogP contribution >= 0.6 is 11.3 Å². The first kappa shape index (κ1) is 31.6. The summed E-state index contributed by atoms with van der Waals surface area (Å²) in [5, 5.41) is 0. The number of esters is 1. The van der Waals surface area contributed by atoms with Crippen molar-refractivity contribution in [1.29, 1.82) is 0 Å². The number of thiazole rings is 1. The van der Waals surface area contributed by atoms with Crippen LogP contribution in [0.3, 0.4) is 0 Å². The number of nitrogens with zero attached hydrogens (tertiary/aromatic N) is 2. The quantitative estimate of drug-likeness (QED) is 0.201. The van der Waals surface area contributed by atoms with E-state index in [2.05, 4.69) is 4.99 Å². The number of aryl methyl sites for hydroxylation is 1. The second-order valence-electron chi connectivity index (χ2n) is 10.2. The Bertz CT molecular complexity index is 1890. The summed E-state index contributed by atoms with van der Waals surface area (Å²) in [6, 6.07) is 18.4. The van der Waals surface area contributed by atoms with E-state index in [1.165, 1.54) is 34.8 Å². The fourth-order valence-electron chi connectivity index (χ4n) is 4.99. The van der Waals surface area contributed by atoms with Crippen molar-refractivity contribution in [3.63, 3.8) is 0 Å². The van der Waals surface area contributed by atoms with E-state index in [0.29, 0.717) is 64.3 Å². The normalized spacial score (nSPS) is 14.2. The van der Waals surface area contributed by atoms with Gasteiger partial charge in [-0.25, -0.2) is 9.79 Å². The molecule has 0 saturated heterocycles. The monoisotopic (exact) mass is 628 g/mol. The van der Waals surface area contributed by atoms with Crippen LogP contribution in [0.2, 0.25) is 0 Å². The lowest BCUT2D eigenvalue weighted by Crippen LogP contribution is -2.39. The fourth-order valence-corrected chi connectivity index (χ4v) is 5.96. The van der Waals surface area contributed by atoms with E-state index in [1.807, 2.05) is 76.2 Å². The van der Waals surface area contributed by atoms with E-state index in [-0.39, 0.29) is 11.1 Å². The van der Waals surface area contributed by atoms with Crippen LogP contribution in [0.25, 0.3) is 6.08 Å². The van der Waals surface area contributed by atoms with Gasteiger partial charge in [-0.3, -0.25) is 9.36 Å². The van der Waals surface area contributed by atoms with E-state index in [4.69, 9.17) is 23.7 Å². The number of aromatic nitrogens is 1. The van der Waals surface area contributed by atoms with Crippen molar-refractivity contribution in [2.45, 2.75) is 40.3 Å². The fraction of sp³-hybridized carbons (Fsp3) is 0.286. The summed E-state index contributed by atoms with van der Waals surface area (Å²) in [6.07, 6.45) is 3.26. The second kappa shape index (κ2) is 14.3. The summed E-state index contributed by atoms with van der Waals surface area (Å²) in [5.41, 5.74) is 3.60. The Labute approximate surface area is 265 Å². The molecule has 0 spiro atoms. The van der Waals surface area contributed by atoms with Crippen LogP contribution in [0, 0.1) is 6.92 Å². The Morgan fingerprint density at radius 2 is 1.51 bits per heavy atom. The molecular weight excluding hydrogens is 592 g/mol. The minimum Gasteiger partial charge on any atom is -0.490 e. The summed E-state index contributed by atoms with van der Waals surface area (Å²) in [5.74, 6) is 1.71. The van der Waals surface area contributed by atoms with Gasteiger partial charge >= 0.3 is 5.97 Å². The van der Waals surface area contributed by atoms with Crippen LogP contribution in [0.5, 0.6) is 23.0 Å². The molecule has 10 heteroatoms. The summed E-state index contributed by atoms with van der Waals surface area (Å²) < 4.78 is 30.6. The molecule has 1 aromatic heterocycles. The molecule has 9 nitrogen and oxygen atoms in total. The average molecular weight is 629 g/mol. The maximum Gasteiger partial charge on any atom is 0.337 e. The molecule has 1 atom stereocenters. The highest BCUT2D eigenvalue weighted by atomic mass is 32.1. The van der Waals surface area contributed by atoms with Crippen molar-refractivity contribution < 1.29 is 28.5 Å². The highest BCUT2D eigenvalue weighted by Gasteiger charge is 2.31. The summed E-state index contributed by atoms with van der Waals surface area (Å²) in [7, 11) is 1.30. The molecule has 0 amide bonds. The molecule has 0 aliphatic carbocycles. The van der Waals surface area contributed by atoms with Gasteiger partial charge in [0.15, 0.2) is 27.8 Å². The molecule has 0 fully saturated rings. The second-order valence-corrected chi connectivity index (χ2v) is 11.2. The molecular formula is C35H36N2O7S. The number of ether oxygens (including phenoxy) is 5. The van der Waals surface area contributed by atoms with Gasteiger partial charge < -0.3 is 23.7 Å². The third-order valence-corrected chi connectivity index (χ3v) is 8.09. The zero-order valence-electron chi connectivity index (χ0n) is 26.0. The van der Waals surface area contributed by atoms with E-state index in [9.17, 15) is 9.59 Å². The Morgan fingerprint density at radius 3 is 2.20 bits per heavy atom. The number of benzene rings is 3. The van der Waals surface area contributed by atoms with Crippen LogP contribution in [0.4, 0.5) is 0 Å². The molecule has 3 aromatic carbocycles. The van der Waals surface area contributed by atoms with Gasteiger partial charge in [-0.2, -0.15) is 0 Å². The topological polar surface area (TPSA) is 97.6 Å². The SMILES string of the molecule is CCOc1ccc([C@@H]2C(C(=O)OC)=CN=c3s/c(=C\c4ccc(OCc5ccc(C)cc5)c(OCC)c4)c(=O)n32)cc1OCC. The number of carbonyl (C=O) groups excluding carboxylic acids is 1. The molecule has 0 N–H and O–H groups in total. The largest absolute Gasteiger partial charge is 0.490 e. The maximum atomic E-state index is 14.0. The van der Waals surface area contributed by atoms with Crippen LogP contribution in [-0.4, -0.2) is 37.5 Å². The van der Waals surface area contributed by atoms with Crippen molar-refractivity contribution in [2.24, 2.45) is 4.99 Å². The van der Waals surface area contributed by atoms with Crippen LogP contribution < -0.4 is 33.8 Å². The van der Waals surface area contributed by atoms with Crippen molar-refractivity contribution in [1.82, 2.24) is 4.57 Å². The molecule has 0 saturated carbocycles. The number of methoxy groups -OCH3 is 1. The van der Waals surface area contributed by atoms with Gasteiger partial charge in [0.2, 0.25) is 0 Å². The predicted molar refractivity (Wildman–Crippen MR) is 173 cm³/mol. The van der Waals surface area contributed by atoms with Gasteiger partial charge in [-0.15, -0.1) is 0 Å². The number of hydrogen-bond acceptors (Lipinski definition) is 9. The molecule has 0 radical (unpaired) electrons. The van der Waals surface area contributed by atoms with Crippen LogP contribution in [-0.2, 0) is 16.1 Å². The summed E-state index contributed by atoms with van der Waals surface area (Å²) in [6.45, 7) is 9.47. The van der Waals surface area contributed by atoms with Gasteiger partial charge in [-0.1, -0.05) is 53.3 Å². The first-order valence-corrected chi connectivity index (χ1v) is 15.6. The first-order chi connectivity index (χ1) is 21.9. The van der Waals surface area contributed by atoms with Gasteiger partial charge in [0, 0.05) is 6.20 Å². The average Bonchev–Trinajstić information content (AvgIpc) is 3.36. The van der Waals surface area contributed by atoms with E-state index in [1.54, 1.807) is 18.2 Å². The minimum atomic E-state index is -0.776. The molecule has 234 valence electrons. The molecule has 45 heavy (non-hydrogen) atoms. The number of hydrogen-bond donors (Lipinski definition) is 0. The minimum absolute atomic E-state index is 0.233. The lowest BCUT2D eigenvalue weighted by Gasteiger charge is -2.23. The Morgan fingerprint density at radius 1 is 0.867 bits per heavy atom. The molecule has 1 aliphatic rings. The maximum absolute atomic E-state index is 14.0. The molecule has 0 bridgehead atoms. The zero-order chi connectivity index (χ0) is 31.9. The van der Waals surface area contributed by atoms with Crippen LogP contribution in [0.15, 0.2) is 82.2 Å². The third-order valence-electron chi connectivity index (χ3n) is 7.09. The van der Waals surface area contributed by atoms with Gasteiger partial charge in [-0.05, 0) is 74.7 Å². The molecule has 1 aliphatic heterocycles. The number of fused-ring (bicyclic) bond motifs is 1. The first-order valence-electron chi connectivity index (χ1n) is 14.8. The molecule has 4 aromatic rings. The van der Waals surface area contributed by atoms with Gasteiger partial charge in [0.1, 0.15) is 6.61 Å². The number of rotatable bonds is 12. The van der Waals surface area contributed by atoms with Crippen molar-refractivity contribution in [2.75, 3.05) is 26.9 Å². The Kier molecular flexibility index (Phi) is 10.0. The lowest BCUT2D eigenvalue weighted by atomic mass is 9.97. The highest BCUT2D eigenvalue weighted by Crippen LogP contribution is 2.35. The standard InChI is InChI=1S/C35H36N2O7S/c1-6-41-27-16-14-25(19-30(27)43-8-3)32-26(34(39)40-5)20-36-35-37(32)33(38)31(45-35)18-24-13-15-28(29(17-24)42-7-2)44-21-23-11-9-22(4)10-12-23/h9-20,32H,6-8,21H2,1-5H3/b31-18-/t32-/m1/s1. The predicted octanol–water partition coefficient (Wildman–Crippen LogP) is 5.10. The molecule has 2 heterocycles. The smallest absolute Gasteiger partial charge is 0.337 e. The lowest BCUT2D eigenvalue weighted by molar-refractivity contribution is -0.136. The Hall–Kier alpha value is -4.83. The van der Waals surface area contributed by atoms with Gasteiger partial charge in [0.05, 0.1) is 43.1 Å². The summed E-state index contributed by atoms with van der Waals surface area (Å²) >= 11 is 1.24. The van der Waals surface area contributed by atoms with E-state index >= 15 is 0 Å². The zero-order valence-corrected chi connectivity index (χ0v) is 26.8. The van der Waals surface area contributed by atoms with Crippen molar-refractivity contribution >= 4 is 23.4 Å². The van der Waals surface area contributed by atoms with Crippen molar-refractivity contribution in [3.8, 4) is 23.0 Å². The van der Waals surface area contributed by atoms with Crippen molar-refractivity contribution in [3.05, 3.63) is 114 Å². The highest BCUT2D eigenvalue weighted by molar-refractivity contribution is 7.07. The molecule has 5 rings (SSSR count). The van der Waals surface area contributed by atoms with E-state index in [0.717, 1.165) is 11.1 Å². The summed E-state index contributed by atoms with van der Waals surface area (Å²) in [4.78, 5) is 31.8. The van der Waals surface area contributed by atoms with Gasteiger partial charge in [0.25, 0.3) is 5.56 Å². The number of carbonyl (C=O) groups is 1. The van der Waals surface area contributed by atoms with Crippen LogP contribution in [0.1, 0.15) is 49.1 Å². The van der Waals surface area contributed by atoms with E-state index < -0.39 is 12.0 Å². The Balaban J connectivity index is 1.54. The third kappa shape index (κ3) is 6.96. The molecule has 0 unspecified atom stereocenters.